The number of pyridine rings is 1. The van der Waals surface area contributed by atoms with Crippen molar-refractivity contribution in [1.29, 1.82) is 5.26 Å². The molecule has 8 heteroatoms. The summed E-state index contributed by atoms with van der Waals surface area (Å²) in [6, 6.07) is 5.94. The number of hydrogen-bond acceptors (Lipinski definition) is 6. The van der Waals surface area contributed by atoms with Crippen LogP contribution in [-0.4, -0.2) is 51.7 Å². The van der Waals surface area contributed by atoms with Crippen molar-refractivity contribution in [2.45, 2.75) is 50.5 Å². The second-order valence-electron chi connectivity index (χ2n) is 9.67. The molecule has 2 aromatic heterocycles. The van der Waals surface area contributed by atoms with Crippen LogP contribution in [0.3, 0.4) is 0 Å². The number of amides is 1. The highest BCUT2D eigenvalue weighted by molar-refractivity contribution is 5.82. The normalized spacial score (nSPS) is 23.2. The van der Waals surface area contributed by atoms with Crippen molar-refractivity contribution in [2.75, 3.05) is 24.5 Å². The van der Waals surface area contributed by atoms with Crippen molar-refractivity contribution in [3.05, 3.63) is 39.9 Å². The first-order chi connectivity index (χ1) is 15.6. The number of anilines is 1. The number of carbonyl (C=O) groups is 1. The Labute approximate surface area is 186 Å². The standard InChI is InChI=1S/C24H26N6O2/c25-11-17-9-19(18-10-21(31)28-26-12-18)22(15-3-4-15)27-23(17)29-7-8-30(24(32)16-5-6-16)20(13-29)14-1-2-14/h9-10,12,14-16,20H,1-8,13H2,(H,28,31)/t20-/m0/s1. The summed E-state index contributed by atoms with van der Waals surface area (Å²) in [7, 11) is 0. The van der Waals surface area contributed by atoms with Crippen LogP contribution in [0.2, 0.25) is 0 Å². The zero-order chi connectivity index (χ0) is 21.8. The summed E-state index contributed by atoms with van der Waals surface area (Å²) in [5.41, 5.74) is 2.72. The first kappa shape index (κ1) is 19.5. The lowest BCUT2D eigenvalue weighted by molar-refractivity contribution is -0.135. The second-order valence-corrected chi connectivity index (χ2v) is 9.67. The molecule has 1 amide bonds. The van der Waals surface area contributed by atoms with E-state index in [1.165, 1.54) is 18.9 Å². The van der Waals surface area contributed by atoms with Crippen LogP contribution < -0.4 is 10.5 Å². The summed E-state index contributed by atoms with van der Waals surface area (Å²) in [6.45, 7) is 2.13. The zero-order valence-electron chi connectivity index (χ0n) is 18.0. The summed E-state index contributed by atoms with van der Waals surface area (Å²) < 4.78 is 0. The molecule has 4 fully saturated rings. The smallest absolute Gasteiger partial charge is 0.264 e. The summed E-state index contributed by atoms with van der Waals surface area (Å²) in [5, 5.41) is 16.3. The average Bonchev–Trinajstić information content (AvgIpc) is 3.66. The van der Waals surface area contributed by atoms with Crippen molar-refractivity contribution in [3.63, 3.8) is 0 Å². The zero-order valence-corrected chi connectivity index (χ0v) is 18.0. The Morgan fingerprint density at radius 1 is 1.12 bits per heavy atom. The third kappa shape index (κ3) is 3.56. The first-order valence-corrected chi connectivity index (χ1v) is 11.7. The van der Waals surface area contributed by atoms with Crippen LogP contribution in [0.4, 0.5) is 5.82 Å². The van der Waals surface area contributed by atoms with E-state index >= 15 is 0 Å². The predicted molar refractivity (Wildman–Crippen MR) is 118 cm³/mol. The summed E-state index contributed by atoms with van der Waals surface area (Å²) >= 11 is 0. The third-order valence-electron chi connectivity index (χ3n) is 7.19. The van der Waals surface area contributed by atoms with Gasteiger partial charge < -0.3 is 9.80 Å². The van der Waals surface area contributed by atoms with E-state index in [0.29, 0.717) is 42.0 Å². The number of rotatable bonds is 5. The average molecular weight is 431 g/mol. The van der Waals surface area contributed by atoms with Gasteiger partial charge in [-0.2, -0.15) is 10.4 Å². The van der Waals surface area contributed by atoms with Gasteiger partial charge in [-0.1, -0.05) is 0 Å². The van der Waals surface area contributed by atoms with Gasteiger partial charge in [-0.15, -0.1) is 0 Å². The highest BCUT2D eigenvalue weighted by atomic mass is 16.2. The maximum Gasteiger partial charge on any atom is 0.264 e. The molecule has 2 aromatic rings. The number of nitrogens with zero attached hydrogens (tertiary/aromatic N) is 5. The van der Waals surface area contributed by atoms with Crippen LogP contribution in [0, 0.1) is 23.2 Å². The minimum Gasteiger partial charge on any atom is -0.352 e. The quantitative estimate of drug-likeness (QED) is 0.781. The maximum atomic E-state index is 12.9. The van der Waals surface area contributed by atoms with Crippen LogP contribution >= 0.6 is 0 Å². The highest BCUT2D eigenvalue weighted by Gasteiger charge is 2.45. The van der Waals surface area contributed by atoms with Gasteiger partial charge in [0.2, 0.25) is 5.91 Å². The summed E-state index contributed by atoms with van der Waals surface area (Å²) in [5.74, 6) is 2.20. The number of nitriles is 1. The van der Waals surface area contributed by atoms with E-state index in [1.54, 1.807) is 6.20 Å². The number of hydrogen-bond donors (Lipinski definition) is 1. The third-order valence-corrected chi connectivity index (χ3v) is 7.19. The number of carbonyl (C=O) groups excluding carboxylic acids is 1. The molecule has 0 aromatic carbocycles. The molecule has 32 heavy (non-hydrogen) atoms. The molecule has 1 atom stereocenters. The fourth-order valence-electron chi connectivity index (χ4n) is 4.99. The molecule has 0 spiro atoms. The molecule has 4 aliphatic rings. The molecule has 6 rings (SSSR count). The Balaban J connectivity index is 1.36. The van der Waals surface area contributed by atoms with Crippen LogP contribution in [0.1, 0.15) is 55.7 Å². The molecule has 164 valence electrons. The van der Waals surface area contributed by atoms with Crippen molar-refractivity contribution < 1.29 is 4.79 Å². The number of nitrogens with one attached hydrogen (secondary N) is 1. The molecule has 0 unspecified atom stereocenters. The number of aromatic nitrogens is 3. The van der Waals surface area contributed by atoms with Crippen molar-refractivity contribution in [2.24, 2.45) is 11.8 Å². The second kappa shape index (κ2) is 7.44. The van der Waals surface area contributed by atoms with Gasteiger partial charge >= 0.3 is 0 Å². The van der Waals surface area contributed by atoms with E-state index in [1.807, 2.05) is 6.07 Å². The van der Waals surface area contributed by atoms with Crippen LogP contribution in [0.25, 0.3) is 11.1 Å². The van der Waals surface area contributed by atoms with Gasteiger partial charge in [-0.25, -0.2) is 10.1 Å². The number of H-pyrrole nitrogens is 1. The van der Waals surface area contributed by atoms with Gasteiger partial charge in [-0.05, 0) is 50.5 Å². The molecule has 8 nitrogen and oxygen atoms in total. The minimum atomic E-state index is -0.268. The van der Waals surface area contributed by atoms with Gasteiger partial charge in [0.1, 0.15) is 11.9 Å². The van der Waals surface area contributed by atoms with E-state index in [4.69, 9.17) is 4.98 Å². The molecule has 0 radical (unpaired) electrons. The van der Waals surface area contributed by atoms with Crippen LogP contribution in [0.5, 0.6) is 0 Å². The molecule has 1 saturated heterocycles. The Morgan fingerprint density at radius 3 is 2.59 bits per heavy atom. The largest absolute Gasteiger partial charge is 0.352 e. The molecule has 1 aliphatic heterocycles. The highest BCUT2D eigenvalue weighted by Crippen LogP contribution is 2.45. The molecule has 3 aliphatic carbocycles. The van der Waals surface area contributed by atoms with Gasteiger partial charge in [0.05, 0.1) is 23.5 Å². The Morgan fingerprint density at radius 2 is 1.94 bits per heavy atom. The summed E-state index contributed by atoms with van der Waals surface area (Å²) in [6.07, 6.45) is 8.16. The molecule has 3 heterocycles. The van der Waals surface area contributed by atoms with E-state index in [-0.39, 0.29) is 17.5 Å². The minimum absolute atomic E-state index is 0.214. The van der Waals surface area contributed by atoms with Crippen molar-refractivity contribution in [1.82, 2.24) is 20.1 Å². The molecule has 1 N–H and O–H groups in total. The Kier molecular flexibility index (Phi) is 4.53. The van der Waals surface area contributed by atoms with Crippen LogP contribution in [0.15, 0.2) is 23.1 Å². The fourth-order valence-corrected chi connectivity index (χ4v) is 4.99. The predicted octanol–water partition coefficient (Wildman–Crippen LogP) is 2.42. The van der Waals surface area contributed by atoms with Crippen molar-refractivity contribution in [3.8, 4) is 17.2 Å². The number of piperazine rings is 1. The summed E-state index contributed by atoms with van der Waals surface area (Å²) in [4.78, 5) is 34.0. The first-order valence-electron chi connectivity index (χ1n) is 11.7. The molecule has 3 saturated carbocycles. The molecule has 0 bridgehead atoms. The Hall–Kier alpha value is -3.21. The fraction of sp³-hybridized carbons (Fsp3) is 0.542. The van der Waals surface area contributed by atoms with Crippen LogP contribution in [-0.2, 0) is 4.79 Å². The van der Waals surface area contributed by atoms with Gasteiger partial charge in [-0.3, -0.25) is 9.59 Å². The van der Waals surface area contributed by atoms with Gasteiger partial charge in [0.25, 0.3) is 5.56 Å². The lowest BCUT2D eigenvalue weighted by atomic mass is 10.00. The SMILES string of the molecule is N#Cc1cc(-c2cn[nH]c(=O)c2)c(C2CC2)nc1N1CCN(C(=O)C2CC2)[C@H](C2CC2)C1. The Bertz CT molecular complexity index is 1170. The topological polar surface area (TPSA) is 106 Å². The van der Waals surface area contributed by atoms with Crippen molar-refractivity contribution >= 4 is 11.7 Å². The van der Waals surface area contributed by atoms with E-state index in [0.717, 1.165) is 49.3 Å². The van der Waals surface area contributed by atoms with E-state index in [2.05, 4.69) is 26.1 Å². The maximum absolute atomic E-state index is 12.9. The molecular weight excluding hydrogens is 404 g/mol. The monoisotopic (exact) mass is 430 g/mol. The lowest BCUT2D eigenvalue weighted by Gasteiger charge is -2.43. The molecular formula is C24H26N6O2. The lowest BCUT2D eigenvalue weighted by Crippen LogP contribution is -2.57. The number of aromatic amines is 1. The van der Waals surface area contributed by atoms with Gasteiger partial charge in [0.15, 0.2) is 0 Å². The van der Waals surface area contributed by atoms with E-state index in [9.17, 15) is 14.9 Å². The van der Waals surface area contributed by atoms with E-state index < -0.39 is 0 Å². The van der Waals surface area contributed by atoms with Gasteiger partial charge in [0, 0.05) is 48.7 Å².